The van der Waals surface area contributed by atoms with Gasteiger partial charge in [-0.15, -0.1) is 0 Å². The van der Waals surface area contributed by atoms with Crippen LogP contribution in [0.5, 0.6) is 5.75 Å². The molecule has 0 saturated carbocycles. The zero-order valence-corrected chi connectivity index (χ0v) is 15.5. The van der Waals surface area contributed by atoms with Crippen LogP contribution in [0.4, 0.5) is 0 Å². The van der Waals surface area contributed by atoms with E-state index in [1.54, 1.807) is 0 Å². The average molecular weight is 334 g/mol. The zero-order valence-electron chi connectivity index (χ0n) is 15.5. The Hall–Kier alpha value is -1.59. The number of carbonyl (C=O) groups excluding carboxylic acids is 1. The standard InChI is InChI=1S/C19H30N2O3/c1-14-8-15(2)10-18(9-14)23-7-6-20(5)13-19(22)21-11-16(3)24-17(4)12-21/h8-10,16-17H,6-7,11-13H2,1-5H3. The van der Waals surface area contributed by atoms with Gasteiger partial charge in [0.25, 0.3) is 0 Å². The number of nitrogens with zero attached hydrogens (tertiary/aromatic N) is 2. The summed E-state index contributed by atoms with van der Waals surface area (Å²) < 4.78 is 11.5. The van der Waals surface area contributed by atoms with E-state index in [4.69, 9.17) is 9.47 Å². The molecule has 1 aliphatic rings. The van der Waals surface area contributed by atoms with Gasteiger partial charge in [-0.2, -0.15) is 0 Å². The fourth-order valence-electron chi connectivity index (χ4n) is 3.13. The molecule has 134 valence electrons. The third-order valence-electron chi connectivity index (χ3n) is 4.11. The van der Waals surface area contributed by atoms with Crippen molar-refractivity contribution in [3.63, 3.8) is 0 Å². The van der Waals surface area contributed by atoms with Crippen LogP contribution in [0.2, 0.25) is 0 Å². The smallest absolute Gasteiger partial charge is 0.236 e. The number of hydrogen-bond donors (Lipinski definition) is 0. The molecule has 0 spiro atoms. The van der Waals surface area contributed by atoms with E-state index in [0.29, 0.717) is 32.8 Å². The fraction of sp³-hybridized carbons (Fsp3) is 0.632. The molecule has 1 fully saturated rings. The molecule has 0 radical (unpaired) electrons. The van der Waals surface area contributed by atoms with E-state index in [-0.39, 0.29) is 18.1 Å². The van der Waals surface area contributed by atoms with E-state index in [2.05, 4.69) is 19.9 Å². The second-order valence-electron chi connectivity index (χ2n) is 6.97. The van der Waals surface area contributed by atoms with Crippen molar-refractivity contribution in [2.45, 2.75) is 39.9 Å². The molecule has 1 heterocycles. The van der Waals surface area contributed by atoms with Crippen molar-refractivity contribution in [2.75, 3.05) is 39.8 Å². The van der Waals surface area contributed by atoms with Gasteiger partial charge in [0.15, 0.2) is 0 Å². The number of likely N-dealkylation sites (N-methyl/N-ethyl adjacent to an activating group) is 1. The molecule has 0 aliphatic carbocycles. The van der Waals surface area contributed by atoms with Gasteiger partial charge in [-0.3, -0.25) is 9.69 Å². The van der Waals surface area contributed by atoms with Gasteiger partial charge < -0.3 is 14.4 Å². The number of hydrogen-bond acceptors (Lipinski definition) is 4. The van der Waals surface area contributed by atoms with E-state index in [9.17, 15) is 4.79 Å². The molecule has 2 atom stereocenters. The highest BCUT2D eigenvalue weighted by Crippen LogP contribution is 2.16. The Morgan fingerprint density at radius 1 is 1.21 bits per heavy atom. The number of aryl methyl sites for hydroxylation is 2. The van der Waals surface area contributed by atoms with Crippen molar-refractivity contribution in [1.82, 2.24) is 9.80 Å². The van der Waals surface area contributed by atoms with E-state index >= 15 is 0 Å². The number of ether oxygens (including phenoxy) is 2. The van der Waals surface area contributed by atoms with Crippen LogP contribution in [-0.4, -0.2) is 67.7 Å². The van der Waals surface area contributed by atoms with Crippen LogP contribution < -0.4 is 4.74 Å². The highest BCUT2D eigenvalue weighted by Gasteiger charge is 2.26. The first kappa shape index (κ1) is 18.7. The van der Waals surface area contributed by atoms with Crippen LogP contribution in [0.15, 0.2) is 18.2 Å². The second-order valence-corrected chi connectivity index (χ2v) is 6.97. The second kappa shape index (κ2) is 8.49. The zero-order chi connectivity index (χ0) is 17.7. The Morgan fingerprint density at radius 2 is 1.79 bits per heavy atom. The number of benzene rings is 1. The Bertz CT molecular complexity index is 531. The van der Waals surface area contributed by atoms with E-state index < -0.39 is 0 Å². The van der Waals surface area contributed by atoms with Crippen molar-refractivity contribution in [1.29, 1.82) is 0 Å². The van der Waals surface area contributed by atoms with Crippen molar-refractivity contribution < 1.29 is 14.3 Å². The molecule has 2 unspecified atom stereocenters. The van der Waals surface area contributed by atoms with Gasteiger partial charge in [0.05, 0.1) is 18.8 Å². The van der Waals surface area contributed by atoms with Crippen LogP contribution in [0, 0.1) is 13.8 Å². The Balaban J connectivity index is 1.74. The van der Waals surface area contributed by atoms with Crippen LogP contribution in [0.1, 0.15) is 25.0 Å². The van der Waals surface area contributed by atoms with E-state index in [0.717, 1.165) is 5.75 Å². The molecule has 0 aromatic heterocycles. The molecular formula is C19H30N2O3. The monoisotopic (exact) mass is 334 g/mol. The topological polar surface area (TPSA) is 42.0 Å². The molecule has 5 heteroatoms. The molecule has 0 N–H and O–H groups in total. The van der Waals surface area contributed by atoms with Gasteiger partial charge in [0, 0.05) is 19.6 Å². The molecule has 0 bridgehead atoms. The maximum absolute atomic E-state index is 12.4. The first-order valence-electron chi connectivity index (χ1n) is 8.66. The average Bonchev–Trinajstić information content (AvgIpc) is 2.45. The quantitative estimate of drug-likeness (QED) is 0.800. The van der Waals surface area contributed by atoms with Gasteiger partial charge in [-0.25, -0.2) is 0 Å². The summed E-state index contributed by atoms with van der Waals surface area (Å²) in [5, 5.41) is 0. The first-order chi connectivity index (χ1) is 11.3. The van der Waals surface area contributed by atoms with Crippen molar-refractivity contribution >= 4 is 5.91 Å². The predicted molar refractivity (Wildman–Crippen MR) is 95.5 cm³/mol. The summed E-state index contributed by atoms with van der Waals surface area (Å²) in [6.45, 7) is 11.2. The molecule has 5 nitrogen and oxygen atoms in total. The SMILES string of the molecule is Cc1cc(C)cc(OCCN(C)CC(=O)N2CC(C)OC(C)C2)c1. The highest BCUT2D eigenvalue weighted by atomic mass is 16.5. The minimum atomic E-state index is 0.107. The third-order valence-corrected chi connectivity index (χ3v) is 4.11. The van der Waals surface area contributed by atoms with Gasteiger partial charge >= 0.3 is 0 Å². The van der Waals surface area contributed by atoms with Crippen LogP contribution in [-0.2, 0) is 9.53 Å². The number of rotatable bonds is 6. The largest absolute Gasteiger partial charge is 0.492 e. The summed E-state index contributed by atoms with van der Waals surface area (Å²) in [5.41, 5.74) is 2.40. The van der Waals surface area contributed by atoms with Gasteiger partial charge in [0.1, 0.15) is 12.4 Å². The number of carbonyl (C=O) groups is 1. The van der Waals surface area contributed by atoms with E-state index in [1.165, 1.54) is 11.1 Å². The third kappa shape index (κ3) is 5.80. The molecule has 24 heavy (non-hydrogen) atoms. The summed E-state index contributed by atoms with van der Waals surface area (Å²) in [5.74, 6) is 1.05. The predicted octanol–water partition coefficient (Wildman–Crippen LogP) is 2.25. The van der Waals surface area contributed by atoms with Gasteiger partial charge in [0.2, 0.25) is 5.91 Å². The minimum absolute atomic E-state index is 0.107. The summed E-state index contributed by atoms with van der Waals surface area (Å²) >= 11 is 0. The first-order valence-corrected chi connectivity index (χ1v) is 8.66. The molecule has 1 aliphatic heterocycles. The van der Waals surface area contributed by atoms with Gasteiger partial charge in [-0.05, 0) is 58.0 Å². The Kier molecular flexibility index (Phi) is 6.63. The molecule has 1 aromatic rings. The summed E-state index contributed by atoms with van der Waals surface area (Å²) in [6.07, 6.45) is 0.215. The molecule has 1 aromatic carbocycles. The van der Waals surface area contributed by atoms with Crippen molar-refractivity contribution in [3.05, 3.63) is 29.3 Å². The molecule has 2 rings (SSSR count). The maximum atomic E-state index is 12.4. The maximum Gasteiger partial charge on any atom is 0.236 e. The van der Waals surface area contributed by atoms with Crippen LogP contribution >= 0.6 is 0 Å². The summed E-state index contributed by atoms with van der Waals surface area (Å²) in [6, 6.07) is 6.20. The lowest BCUT2D eigenvalue weighted by molar-refractivity contribution is -0.144. The molecule has 1 saturated heterocycles. The van der Waals surface area contributed by atoms with E-state index in [1.807, 2.05) is 42.8 Å². The minimum Gasteiger partial charge on any atom is -0.492 e. The van der Waals surface area contributed by atoms with Crippen LogP contribution in [0.25, 0.3) is 0 Å². The lowest BCUT2D eigenvalue weighted by Crippen LogP contribution is -2.50. The summed E-state index contributed by atoms with van der Waals surface area (Å²) in [7, 11) is 1.95. The molecular weight excluding hydrogens is 304 g/mol. The van der Waals surface area contributed by atoms with Crippen molar-refractivity contribution in [3.8, 4) is 5.75 Å². The lowest BCUT2D eigenvalue weighted by atomic mass is 10.1. The number of amides is 1. The normalized spacial score (nSPS) is 21.2. The number of morpholine rings is 1. The molecule has 1 amide bonds. The van der Waals surface area contributed by atoms with Crippen LogP contribution in [0.3, 0.4) is 0 Å². The Morgan fingerprint density at radius 3 is 2.38 bits per heavy atom. The highest BCUT2D eigenvalue weighted by molar-refractivity contribution is 5.78. The fourth-order valence-corrected chi connectivity index (χ4v) is 3.13. The van der Waals surface area contributed by atoms with Gasteiger partial charge in [-0.1, -0.05) is 6.07 Å². The lowest BCUT2D eigenvalue weighted by Gasteiger charge is -2.36. The summed E-state index contributed by atoms with van der Waals surface area (Å²) in [4.78, 5) is 16.3. The van der Waals surface area contributed by atoms with Crippen molar-refractivity contribution in [2.24, 2.45) is 0 Å². The Labute approximate surface area is 145 Å².